The van der Waals surface area contributed by atoms with Gasteiger partial charge in [-0.15, -0.1) is 0 Å². The van der Waals surface area contributed by atoms with Crippen LogP contribution in [0.25, 0.3) is 28.4 Å². The van der Waals surface area contributed by atoms with Gasteiger partial charge in [0.15, 0.2) is 22.8 Å². The fourth-order valence-corrected chi connectivity index (χ4v) is 2.90. The first kappa shape index (κ1) is 16.8. The molecule has 3 rings (SSSR count). The molecule has 0 bridgehead atoms. The van der Waals surface area contributed by atoms with Crippen molar-refractivity contribution >= 4 is 17.0 Å². The van der Waals surface area contributed by atoms with Crippen LogP contribution in [-0.2, 0) is 0 Å². The molecule has 2 aromatic carbocycles. The summed E-state index contributed by atoms with van der Waals surface area (Å²) in [6.07, 6.45) is 3.95. The van der Waals surface area contributed by atoms with Crippen LogP contribution in [-0.4, -0.2) is 24.4 Å². The Morgan fingerprint density at radius 2 is 1.72 bits per heavy atom. The third-order valence-electron chi connectivity index (χ3n) is 4.14. The number of aryl methyl sites for hydroxylation is 1. The van der Waals surface area contributed by atoms with Crippen molar-refractivity contribution in [2.24, 2.45) is 0 Å². The first-order valence-electron chi connectivity index (χ1n) is 7.84. The number of hydrogen-bond donors (Lipinski definition) is 2. The van der Waals surface area contributed by atoms with E-state index < -0.39 is 0 Å². The zero-order chi connectivity index (χ0) is 18.1. The number of fused-ring (bicyclic) bond motifs is 1. The molecule has 0 radical (unpaired) electrons. The van der Waals surface area contributed by atoms with Gasteiger partial charge in [-0.05, 0) is 43.7 Å². The molecular weight excluding hydrogens is 320 g/mol. The minimum absolute atomic E-state index is 0.177. The highest BCUT2D eigenvalue weighted by atomic mass is 16.5. The zero-order valence-electron chi connectivity index (χ0n) is 14.6. The maximum Gasteiger partial charge on any atom is 0.200 e. The van der Waals surface area contributed by atoms with Crippen molar-refractivity contribution in [1.29, 1.82) is 0 Å². The number of furan rings is 1. The monoisotopic (exact) mass is 340 g/mol. The largest absolute Gasteiger partial charge is 0.504 e. The van der Waals surface area contributed by atoms with Crippen LogP contribution in [0.1, 0.15) is 18.1 Å². The van der Waals surface area contributed by atoms with Gasteiger partial charge in [-0.2, -0.15) is 0 Å². The molecule has 0 fully saturated rings. The lowest BCUT2D eigenvalue weighted by Gasteiger charge is -2.07. The van der Waals surface area contributed by atoms with Crippen molar-refractivity contribution in [3.8, 4) is 34.3 Å². The molecule has 130 valence electrons. The quantitative estimate of drug-likeness (QED) is 0.663. The normalized spacial score (nSPS) is 11.4. The topological polar surface area (TPSA) is 72.1 Å². The number of benzene rings is 2. The van der Waals surface area contributed by atoms with Gasteiger partial charge in [0.1, 0.15) is 5.76 Å². The molecule has 0 aliphatic heterocycles. The van der Waals surface area contributed by atoms with Gasteiger partial charge >= 0.3 is 0 Å². The summed E-state index contributed by atoms with van der Waals surface area (Å²) in [5.74, 6) is 0.828. The molecule has 3 aromatic rings. The second-order valence-electron chi connectivity index (χ2n) is 5.70. The van der Waals surface area contributed by atoms with Crippen molar-refractivity contribution in [3.63, 3.8) is 0 Å². The zero-order valence-corrected chi connectivity index (χ0v) is 14.6. The minimum Gasteiger partial charge on any atom is -0.504 e. The summed E-state index contributed by atoms with van der Waals surface area (Å²) in [5, 5.41) is 20.7. The summed E-state index contributed by atoms with van der Waals surface area (Å²) in [6.45, 7) is 3.90. The third-order valence-corrected chi connectivity index (χ3v) is 4.14. The highest BCUT2D eigenvalue weighted by Gasteiger charge is 2.19. The van der Waals surface area contributed by atoms with E-state index in [2.05, 4.69) is 0 Å². The lowest BCUT2D eigenvalue weighted by atomic mass is 10.0. The van der Waals surface area contributed by atoms with Crippen molar-refractivity contribution < 1.29 is 24.1 Å². The van der Waals surface area contributed by atoms with Gasteiger partial charge in [-0.3, -0.25) is 0 Å². The van der Waals surface area contributed by atoms with E-state index in [1.165, 1.54) is 13.2 Å². The molecule has 0 saturated carbocycles. The van der Waals surface area contributed by atoms with Crippen LogP contribution in [0.15, 0.2) is 34.8 Å². The fourth-order valence-electron chi connectivity index (χ4n) is 2.90. The number of aromatic hydroxyl groups is 2. The molecule has 0 spiro atoms. The smallest absolute Gasteiger partial charge is 0.200 e. The number of hydrogen-bond acceptors (Lipinski definition) is 5. The van der Waals surface area contributed by atoms with Crippen LogP contribution in [0.3, 0.4) is 0 Å². The highest BCUT2D eigenvalue weighted by molar-refractivity contribution is 5.93. The van der Waals surface area contributed by atoms with Crippen molar-refractivity contribution in [1.82, 2.24) is 0 Å². The average molecular weight is 340 g/mol. The fraction of sp³-hybridized carbons (Fsp3) is 0.200. The average Bonchev–Trinajstić information content (AvgIpc) is 2.94. The Labute approximate surface area is 145 Å². The molecule has 25 heavy (non-hydrogen) atoms. The van der Waals surface area contributed by atoms with Gasteiger partial charge in [-0.25, -0.2) is 0 Å². The van der Waals surface area contributed by atoms with Crippen LogP contribution in [0.4, 0.5) is 0 Å². The van der Waals surface area contributed by atoms with E-state index in [0.29, 0.717) is 22.7 Å². The lowest BCUT2D eigenvalue weighted by molar-refractivity contribution is 0.351. The van der Waals surface area contributed by atoms with Crippen LogP contribution in [0.5, 0.6) is 23.0 Å². The predicted molar refractivity (Wildman–Crippen MR) is 97.5 cm³/mol. The van der Waals surface area contributed by atoms with E-state index in [-0.39, 0.29) is 17.2 Å². The Hall–Kier alpha value is -3.08. The molecule has 0 saturated heterocycles. The van der Waals surface area contributed by atoms with E-state index in [1.54, 1.807) is 13.2 Å². The molecule has 0 atom stereocenters. The summed E-state index contributed by atoms with van der Waals surface area (Å²) in [5.41, 5.74) is 3.16. The lowest BCUT2D eigenvalue weighted by Crippen LogP contribution is -1.86. The first-order chi connectivity index (χ1) is 12.0. The number of ether oxygens (including phenoxy) is 2. The standard InChI is InChI=1S/C20H20O5/c1-5-6-12-7-14-11(2)19(25-20(14)17(8-12)24-4)13-9-15(21)18(22)16(10-13)23-3/h5-10,21-22H,1-4H3/b6-5+. The van der Waals surface area contributed by atoms with Gasteiger partial charge in [-0.1, -0.05) is 12.2 Å². The minimum atomic E-state index is -0.298. The maximum absolute atomic E-state index is 9.95. The van der Waals surface area contributed by atoms with Gasteiger partial charge < -0.3 is 24.1 Å². The van der Waals surface area contributed by atoms with Crippen LogP contribution >= 0.6 is 0 Å². The van der Waals surface area contributed by atoms with Gasteiger partial charge in [0.2, 0.25) is 5.75 Å². The van der Waals surface area contributed by atoms with Gasteiger partial charge in [0.05, 0.1) is 14.2 Å². The second kappa shape index (κ2) is 6.43. The molecule has 5 heteroatoms. The summed E-state index contributed by atoms with van der Waals surface area (Å²) < 4.78 is 16.6. The summed E-state index contributed by atoms with van der Waals surface area (Å²) >= 11 is 0. The molecular formula is C20H20O5. The molecule has 1 aromatic heterocycles. The Kier molecular flexibility index (Phi) is 4.31. The Morgan fingerprint density at radius 1 is 1.00 bits per heavy atom. The maximum atomic E-state index is 9.95. The SMILES string of the molecule is C/C=C/c1cc(OC)c2oc(-c3cc(O)c(O)c(OC)c3)c(C)c2c1. The summed E-state index contributed by atoms with van der Waals surface area (Å²) in [7, 11) is 3.03. The van der Waals surface area contributed by atoms with E-state index in [1.807, 2.05) is 38.1 Å². The van der Waals surface area contributed by atoms with Crippen LogP contribution in [0.2, 0.25) is 0 Å². The van der Waals surface area contributed by atoms with E-state index in [4.69, 9.17) is 13.9 Å². The van der Waals surface area contributed by atoms with Crippen molar-refractivity contribution in [2.75, 3.05) is 14.2 Å². The van der Waals surface area contributed by atoms with Crippen molar-refractivity contribution in [3.05, 3.63) is 41.5 Å². The Morgan fingerprint density at radius 3 is 2.36 bits per heavy atom. The molecule has 2 N–H and O–H groups in total. The predicted octanol–water partition coefficient (Wildman–Crippen LogP) is 4.87. The molecule has 5 nitrogen and oxygen atoms in total. The van der Waals surface area contributed by atoms with E-state index >= 15 is 0 Å². The highest BCUT2D eigenvalue weighted by Crippen LogP contribution is 2.44. The van der Waals surface area contributed by atoms with Crippen LogP contribution in [0, 0.1) is 6.92 Å². The van der Waals surface area contributed by atoms with Crippen molar-refractivity contribution in [2.45, 2.75) is 13.8 Å². The van der Waals surface area contributed by atoms with Gasteiger partial charge in [0.25, 0.3) is 0 Å². The number of phenolic OH excluding ortho intramolecular Hbond substituents is 2. The number of methoxy groups -OCH3 is 2. The number of phenols is 2. The molecule has 1 heterocycles. The van der Waals surface area contributed by atoms with E-state index in [9.17, 15) is 10.2 Å². The Bertz CT molecular complexity index is 966. The summed E-state index contributed by atoms with van der Waals surface area (Å²) in [4.78, 5) is 0. The second-order valence-corrected chi connectivity index (χ2v) is 5.70. The molecule has 0 aliphatic rings. The molecule has 0 aliphatic carbocycles. The summed E-state index contributed by atoms with van der Waals surface area (Å²) in [6, 6.07) is 7.00. The van der Waals surface area contributed by atoms with E-state index in [0.717, 1.165) is 16.5 Å². The molecule has 0 amide bonds. The number of allylic oxidation sites excluding steroid dienone is 1. The number of rotatable bonds is 4. The van der Waals surface area contributed by atoms with Crippen LogP contribution < -0.4 is 9.47 Å². The first-order valence-corrected chi connectivity index (χ1v) is 7.84. The van der Waals surface area contributed by atoms with Gasteiger partial charge in [0, 0.05) is 16.5 Å². The third kappa shape index (κ3) is 2.78. The Balaban J connectivity index is 2.28. The molecule has 0 unspecified atom stereocenters.